The Kier molecular flexibility index (Phi) is 4.55. The summed E-state index contributed by atoms with van der Waals surface area (Å²) < 4.78 is 14.9. The van der Waals surface area contributed by atoms with Crippen LogP contribution < -0.4 is 0 Å². The molecule has 0 amide bonds. The number of ketones is 1. The first-order chi connectivity index (χ1) is 9.55. The van der Waals surface area contributed by atoms with Crippen molar-refractivity contribution in [1.29, 1.82) is 0 Å². The van der Waals surface area contributed by atoms with Crippen LogP contribution in [-0.4, -0.2) is 15.6 Å². The number of nitrogens with zero attached hydrogens (tertiary/aromatic N) is 2. The van der Waals surface area contributed by atoms with Gasteiger partial charge in [0.05, 0.1) is 17.1 Å². The molecule has 0 saturated heterocycles. The molecule has 0 fully saturated rings. The molecule has 2 aromatic rings. The van der Waals surface area contributed by atoms with Crippen LogP contribution in [0.1, 0.15) is 35.6 Å². The van der Waals surface area contributed by atoms with Crippen molar-refractivity contribution < 1.29 is 9.18 Å². The van der Waals surface area contributed by atoms with Crippen LogP contribution in [0.3, 0.4) is 0 Å². The molecule has 3 nitrogen and oxygen atoms in total. The zero-order valence-corrected chi connectivity index (χ0v) is 12.2. The average Bonchev–Trinajstić information content (AvgIpc) is 2.84. The standard InChI is InChI=1S/C15H16ClFN2O/c1-3-11-8-12(19(4-2)18-11)9-15(20)10-5-6-14(17)13(16)7-10/h5-8H,3-4,9H2,1-2H3. The molecule has 0 atom stereocenters. The quantitative estimate of drug-likeness (QED) is 0.788. The zero-order chi connectivity index (χ0) is 14.7. The van der Waals surface area contributed by atoms with Gasteiger partial charge >= 0.3 is 0 Å². The molecular weight excluding hydrogens is 279 g/mol. The average molecular weight is 295 g/mol. The molecule has 0 radical (unpaired) electrons. The van der Waals surface area contributed by atoms with Gasteiger partial charge < -0.3 is 0 Å². The highest BCUT2D eigenvalue weighted by molar-refractivity contribution is 6.31. The highest BCUT2D eigenvalue weighted by Crippen LogP contribution is 2.18. The fraction of sp³-hybridized carbons (Fsp3) is 0.333. The topological polar surface area (TPSA) is 34.9 Å². The van der Waals surface area contributed by atoms with E-state index in [1.807, 2.05) is 24.6 Å². The molecule has 0 spiro atoms. The van der Waals surface area contributed by atoms with Gasteiger partial charge in [-0.2, -0.15) is 5.10 Å². The predicted octanol–water partition coefficient (Wildman–Crippen LogP) is 3.68. The Hall–Kier alpha value is -1.68. The third kappa shape index (κ3) is 3.07. The van der Waals surface area contributed by atoms with Crippen molar-refractivity contribution in [2.75, 3.05) is 0 Å². The van der Waals surface area contributed by atoms with Gasteiger partial charge in [-0.05, 0) is 37.6 Å². The lowest BCUT2D eigenvalue weighted by atomic mass is 10.1. The van der Waals surface area contributed by atoms with E-state index in [1.54, 1.807) is 0 Å². The smallest absolute Gasteiger partial charge is 0.168 e. The summed E-state index contributed by atoms with van der Waals surface area (Å²) in [6.07, 6.45) is 1.07. The summed E-state index contributed by atoms with van der Waals surface area (Å²) in [7, 11) is 0. The van der Waals surface area contributed by atoms with Crippen LogP contribution >= 0.6 is 11.6 Å². The van der Waals surface area contributed by atoms with Crippen molar-refractivity contribution in [3.63, 3.8) is 0 Å². The lowest BCUT2D eigenvalue weighted by Crippen LogP contribution is -2.09. The zero-order valence-electron chi connectivity index (χ0n) is 11.5. The second kappa shape index (κ2) is 6.18. The van der Waals surface area contributed by atoms with E-state index in [2.05, 4.69) is 5.10 Å². The van der Waals surface area contributed by atoms with Gasteiger partial charge in [0.15, 0.2) is 5.78 Å². The van der Waals surface area contributed by atoms with Crippen molar-refractivity contribution in [1.82, 2.24) is 9.78 Å². The van der Waals surface area contributed by atoms with Gasteiger partial charge in [0, 0.05) is 17.8 Å². The number of carbonyl (C=O) groups is 1. The monoisotopic (exact) mass is 294 g/mol. The second-order valence-corrected chi connectivity index (χ2v) is 4.93. The number of hydrogen-bond donors (Lipinski definition) is 0. The van der Waals surface area contributed by atoms with Crippen molar-refractivity contribution in [3.05, 3.63) is 52.1 Å². The summed E-state index contributed by atoms with van der Waals surface area (Å²) in [5.41, 5.74) is 2.25. The minimum absolute atomic E-state index is 0.0332. The van der Waals surface area contributed by atoms with Crippen LogP contribution in [0.4, 0.5) is 4.39 Å². The summed E-state index contributed by atoms with van der Waals surface area (Å²) in [5.74, 6) is -0.612. The molecule has 0 aliphatic rings. The maximum atomic E-state index is 13.1. The van der Waals surface area contributed by atoms with E-state index in [4.69, 9.17) is 11.6 Å². The van der Waals surface area contributed by atoms with Gasteiger partial charge in [-0.15, -0.1) is 0 Å². The van der Waals surface area contributed by atoms with Gasteiger partial charge in [0.2, 0.25) is 0 Å². The molecule has 1 heterocycles. The van der Waals surface area contributed by atoms with Crippen LogP contribution in [0.2, 0.25) is 5.02 Å². The lowest BCUT2D eigenvalue weighted by Gasteiger charge is -2.05. The Morgan fingerprint density at radius 2 is 2.10 bits per heavy atom. The highest BCUT2D eigenvalue weighted by Gasteiger charge is 2.13. The van der Waals surface area contributed by atoms with Crippen LogP contribution in [0.25, 0.3) is 0 Å². The summed E-state index contributed by atoms with van der Waals surface area (Å²) >= 11 is 5.70. The molecular formula is C15H16ClFN2O. The Labute approximate surface area is 122 Å². The molecule has 106 valence electrons. The fourth-order valence-corrected chi connectivity index (χ4v) is 2.22. The summed E-state index contributed by atoms with van der Waals surface area (Å²) in [4.78, 5) is 12.2. The molecule has 0 unspecified atom stereocenters. The third-order valence-corrected chi connectivity index (χ3v) is 3.45. The number of rotatable bonds is 5. The predicted molar refractivity (Wildman–Crippen MR) is 76.7 cm³/mol. The lowest BCUT2D eigenvalue weighted by molar-refractivity contribution is 0.0990. The maximum absolute atomic E-state index is 13.1. The van der Waals surface area contributed by atoms with Crippen LogP contribution in [-0.2, 0) is 19.4 Å². The minimum Gasteiger partial charge on any atom is -0.294 e. The molecule has 5 heteroatoms. The van der Waals surface area contributed by atoms with Crippen LogP contribution in [0.15, 0.2) is 24.3 Å². The number of aromatic nitrogens is 2. The number of carbonyl (C=O) groups excluding carboxylic acids is 1. The largest absolute Gasteiger partial charge is 0.294 e. The molecule has 20 heavy (non-hydrogen) atoms. The molecule has 0 aliphatic heterocycles. The van der Waals surface area contributed by atoms with E-state index < -0.39 is 5.82 Å². The highest BCUT2D eigenvalue weighted by atomic mass is 35.5. The normalized spacial score (nSPS) is 10.8. The van der Waals surface area contributed by atoms with E-state index in [0.717, 1.165) is 17.8 Å². The van der Waals surface area contributed by atoms with Gasteiger partial charge in [0.25, 0.3) is 0 Å². The maximum Gasteiger partial charge on any atom is 0.168 e. The molecule has 0 saturated carbocycles. The number of aryl methyl sites for hydroxylation is 2. The van der Waals surface area contributed by atoms with E-state index in [0.29, 0.717) is 12.1 Å². The molecule has 2 rings (SSSR count). The molecule has 1 aromatic carbocycles. The molecule has 1 aromatic heterocycles. The summed E-state index contributed by atoms with van der Waals surface area (Å²) in [5, 5.41) is 4.37. The second-order valence-electron chi connectivity index (χ2n) is 4.53. The van der Waals surface area contributed by atoms with Crippen LogP contribution in [0, 0.1) is 5.82 Å². The molecule has 0 N–H and O–H groups in total. The minimum atomic E-state index is -0.518. The van der Waals surface area contributed by atoms with Crippen molar-refractivity contribution >= 4 is 17.4 Å². The van der Waals surface area contributed by atoms with Gasteiger partial charge in [0.1, 0.15) is 5.82 Å². The number of hydrogen-bond acceptors (Lipinski definition) is 2. The number of halogens is 2. The van der Waals surface area contributed by atoms with Gasteiger partial charge in [-0.25, -0.2) is 4.39 Å². The number of benzene rings is 1. The van der Waals surface area contributed by atoms with Crippen molar-refractivity contribution in [2.24, 2.45) is 0 Å². The van der Waals surface area contributed by atoms with E-state index >= 15 is 0 Å². The van der Waals surface area contributed by atoms with Gasteiger partial charge in [-0.3, -0.25) is 9.48 Å². The van der Waals surface area contributed by atoms with Crippen molar-refractivity contribution in [3.8, 4) is 0 Å². The number of Topliss-reactive ketones (excluding diaryl/α,β-unsaturated/α-hetero) is 1. The van der Waals surface area contributed by atoms with E-state index in [9.17, 15) is 9.18 Å². The molecule has 0 bridgehead atoms. The summed E-state index contributed by atoms with van der Waals surface area (Å²) in [6, 6.07) is 5.97. The Balaban J connectivity index is 2.22. The Morgan fingerprint density at radius 1 is 1.35 bits per heavy atom. The van der Waals surface area contributed by atoms with Gasteiger partial charge in [-0.1, -0.05) is 18.5 Å². The first kappa shape index (κ1) is 14.7. The fourth-order valence-electron chi connectivity index (χ4n) is 2.04. The van der Waals surface area contributed by atoms with Crippen molar-refractivity contribution in [2.45, 2.75) is 33.2 Å². The first-order valence-corrected chi connectivity index (χ1v) is 6.96. The SMILES string of the molecule is CCc1cc(CC(=O)c2ccc(F)c(Cl)c2)n(CC)n1. The van der Waals surface area contributed by atoms with E-state index in [1.165, 1.54) is 18.2 Å². The Bertz CT molecular complexity index is 637. The Morgan fingerprint density at radius 3 is 2.70 bits per heavy atom. The third-order valence-electron chi connectivity index (χ3n) is 3.16. The molecule has 0 aliphatic carbocycles. The van der Waals surface area contributed by atoms with Crippen LogP contribution in [0.5, 0.6) is 0 Å². The van der Waals surface area contributed by atoms with E-state index in [-0.39, 0.29) is 17.2 Å². The summed E-state index contributed by atoms with van der Waals surface area (Å²) in [6.45, 7) is 4.72. The first-order valence-electron chi connectivity index (χ1n) is 6.59.